The van der Waals surface area contributed by atoms with Gasteiger partial charge < -0.3 is 4.79 Å². The first kappa shape index (κ1) is 12.5. The van der Waals surface area contributed by atoms with E-state index in [0.717, 1.165) is 18.2 Å². The maximum absolute atomic E-state index is 12.1. The van der Waals surface area contributed by atoms with Gasteiger partial charge >= 0.3 is 0 Å². The lowest BCUT2D eigenvalue weighted by atomic mass is 10.2. The quantitative estimate of drug-likeness (QED) is 0.757. The molecule has 0 aliphatic carbocycles. The minimum atomic E-state index is -0.0593. The monoisotopic (exact) mass is 244 g/mol. The minimum Gasteiger partial charge on any atom is -0.300 e. The molecule has 18 heavy (non-hydrogen) atoms. The zero-order valence-corrected chi connectivity index (χ0v) is 10.4. The molecule has 1 heterocycles. The predicted molar refractivity (Wildman–Crippen MR) is 70.5 cm³/mol. The van der Waals surface area contributed by atoms with Crippen molar-refractivity contribution in [3.8, 4) is 0 Å². The second-order valence-electron chi connectivity index (χ2n) is 4.42. The average Bonchev–Trinajstić information content (AvgIpc) is 2.37. The Hall–Kier alpha value is -1.97. The second kappa shape index (κ2) is 5.58. The number of nitrogens with zero attached hydrogens (tertiary/aromatic N) is 2. The van der Waals surface area contributed by atoms with Crippen molar-refractivity contribution in [3.63, 3.8) is 0 Å². The molecule has 0 amide bonds. The number of Topliss-reactive ketones (excluding diaryl/α,β-unsaturated/α-hetero) is 1. The summed E-state index contributed by atoms with van der Waals surface area (Å²) in [4.78, 5) is 22.9. The number of aromatic nitrogens is 2. The molecule has 0 unspecified atom stereocenters. The van der Waals surface area contributed by atoms with Crippen LogP contribution in [0.5, 0.6) is 0 Å². The highest BCUT2D eigenvalue weighted by Crippen LogP contribution is 2.07. The lowest BCUT2D eigenvalue weighted by Crippen LogP contribution is -2.22. The molecule has 2 rings (SSSR count). The number of hydrogen-bond donors (Lipinski definition) is 0. The Kier molecular flexibility index (Phi) is 3.87. The summed E-state index contributed by atoms with van der Waals surface area (Å²) in [7, 11) is 0. The van der Waals surface area contributed by atoms with Crippen LogP contribution in [0.2, 0.25) is 0 Å². The summed E-state index contributed by atoms with van der Waals surface area (Å²) < 4.78 is 1.47. The fourth-order valence-electron chi connectivity index (χ4n) is 1.92. The lowest BCUT2D eigenvalue weighted by Gasteiger charge is -2.05. The van der Waals surface area contributed by atoms with Gasteiger partial charge in [-0.05, 0) is 25.8 Å². The third-order valence-corrected chi connectivity index (χ3v) is 2.91. The number of unbranched alkanes of at least 4 members (excludes halogenated alkanes) is 1. The molecule has 0 atom stereocenters. The van der Waals surface area contributed by atoms with Crippen LogP contribution in [-0.4, -0.2) is 15.6 Å². The van der Waals surface area contributed by atoms with E-state index in [1.54, 1.807) is 13.1 Å². The van der Waals surface area contributed by atoms with Crippen LogP contribution in [-0.2, 0) is 11.3 Å². The van der Waals surface area contributed by atoms with E-state index in [1.807, 2.05) is 24.3 Å². The Bertz CT molecular complexity index is 616. The number of benzene rings is 1. The van der Waals surface area contributed by atoms with Crippen LogP contribution < -0.4 is 5.56 Å². The summed E-state index contributed by atoms with van der Waals surface area (Å²) in [5, 5.41) is 5.70. The molecule has 2 aromatic rings. The van der Waals surface area contributed by atoms with Gasteiger partial charge in [-0.25, -0.2) is 4.68 Å². The van der Waals surface area contributed by atoms with E-state index >= 15 is 0 Å². The van der Waals surface area contributed by atoms with Crippen LogP contribution in [0.1, 0.15) is 26.2 Å². The molecule has 0 spiro atoms. The molecule has 0 bridgehead atoms. The third kappa shape index (κ3) is 2.83. The number of fused-ring (bicyclic) bond motifs is 1. The molecule has 1 aromatic carbocycles. The minimum absolute atomic E-state index is 0.0593. The zero-order chi connectivity index (χ0) is 13.0. The number of rotatable bonds is 5. The van der Waals surface area contributed by atoms with Gasteiger partial charge in [0.2, 0.25) is 0 Å². The van der Waals surface area contributed by atoms with E-state index in [9.17, 15) is 9.59 Å². The molecule has 4 nitrogen and oxygen atoms in total. The number of carbonyl (C=O) groups is 1. The molecule has 1 aromatic heterocycles. The standard InChI is InChI=1S/C14H16N2O2/c1-11(17)6-4-5-9-16-14(18)13-8-3-2-7-12(13)10-15-16/h2-3,7-8,10H,4-6,9H2,1H3. The van der Waals surface area contributed by atoms with Gasteiger partial charge in [0.1, 0.15) is 5.78 Å². The number of ketones is 1. The lowest BCUT2D eigenvalue weighted by molar-refractivity contribution is -0.117. The van der Waals surface area contributed by atoms with Crippen molar-refractivity contribution in [1.82, 2.24) is 9.78 Å². The summed E-state index contributed by atoms with van der Waals surface area (Å²) in [6, 6.07) is 7.43. The van der Waals surface area contributed by atoms with Crippen molar-refractivity contribution in [3.05, 3.63) is 40.8 Å². The van der Waals surface area contributed by atoms with E-state index in [2.05, 4.69) is 5.10 Å². The van der Waals surface area contributed by atoms with Crippen molar-refractivity contribution in [2.75, 3.05) is 0 Å². The first-order valence-electron chi connectivity index (χ1n) is 6.13. The Morgan fingerprint density at radius 3 is 2.83 bits per heavy atom. The molecule has 0 fully saturated rings. The third-order valence-electron chi connectivity index (χ3n) is 2.91. The Morgan fingerprint density at radius 1 is 1.28 bits per heavy atom. The maximum Gasteiger partial charge on any atom is 0.274 e. The van der Waals surface area contributed by atoms with Gasteiger partial charge in [0.15, 0.2) is 0 Å². The Morgan fingerprint density at radius 2 is 2.06 bits per heavy atom. The molecule has 0 N–H and O–H groups in total. The van der Waals surface area contributed by atoms with Gasteiger partial charge in [-0.2, -0.15) is 5.10 Å². The van der Waals surface area contributed by atoms with Gasteiger partial charge in [0.25, 0.3) is 5.56 Å². The molecular weight excluding hydrogens is 228 g/mol. The van der Waals surface area contributed by atoms with Crippen molar-refractivity contribution in [1.29, 1.82) is 0 Å². The summed E-state index contributed by atoms with van der Waals surface area (Å²) in [6.07, 6.45) is 3.88. The molecule has 0 saturated heterocycles. The summed E-state index contributed by atoms with van der Waals surface area (Å²) >= 11 is 0. The highest BCUT2D eigenvalue weighted by molar-refractivity contribution is 5.80. The highest BCUT2D eigenvalue weighted by atomic mass is 16.1. The fraction of sp³-hybridized carbons (Fsp3) is 0.357. The van der Waals surface area contributed by atoms with Crippen molar-refractivity contribution >= 4 is 16.6 Å². The Labute approximate surface area is 105 Å². The number of aryl methyl sites for hydroxylation is 1. The first-order valence-corrected chi connectivity index (χ1v) is 6.13. The summed E-state index contributed by atoms with van der Waals surface area (Å²) in [6.45, 7) is 2.15. The van der Waals surface area contributed by atoms with Gasteiger partial charge in [-0.15, -0.1) is 0 Å². The van der Waals surface area contributed by atoms with E-state index < -0.39 is 0 Å². The molecular formula is C14H16N2O2. The molecule has 0 radical (unpaired) electrons. The van der Waals surface area contributed by atoms with E-state index in [1.165, 1.54) is 4.68 Å². The fourth-order valence-corrected chi connectivity index (χ4v) is 1.92. The smallest absolute Gasteiger partial charge is 0.274 e. The van der Waals surface area contributed by atoms with E-state index in [0.29, 0.717) is 18.4 Å². The van der Waals surface area contributed by atoms with Gasteiger partial charge in [0, 0.05) is 18.4 Å². The van der Waals surface area contributed by atoms with Crippen LogP contribution in [0.25, 0.3) is 10.8 Å². The van der Waals surface area contributed by atoms with Crippen LogP contribution in [0, 0.1) is 0 Å². The average molecular weight is 244 g/mol. The first-order chi connectivity index (χ1) is 8.68. The van der Waals surface area contributed by atoms with Gasteiger partial charge in [-0.1, -0.05) is 18.2 Å². The highest BCUT2D eigenvalue weighted by Gasteiger charge is 2.03. The second-order valence-corrected chi connectivity index (χ2v) is 4.42. The predicted octanol–water partition coefficient (Wildman–Crippen LogP) is 2.16. The van der Waals surface area contributed by atoms with Crippen molar-refractivity contribution in [2.24, 2.45) is 0 Å². The topological polar surface area (TPSA) is 52.0 Å². The summed E-state index contributed by atoms with van der Waals surface area (Å²) in [5.74, 6) is 0.189. The zero-order valence-electron chi connectivity index (χ0n) is 10.4. The Balaban J connectivity index is 2.12. The van der Waals surface area contributed by atoms with E-state index in [-0.39, 0.29) is 11.3 Å². The van der Waals surface area contributed by atoms with Crippen LogP contribution in [0.3, 0.4) is 0 Å². The molecule has 4 heteroatoms. The van der Waals surface area contributed by atoms with Crippen molar-refractivity contribution in [2.45, 2.75) is 32.7 Å². The van der Waals surface area contributed by atoms with Crippen LogP contribution in [0.4, 0.5) is 0 Å². The molecule has 0 aliphatic heterocycles. The number of carbonyl (C=O) groups excluding carboxylic acids is 1. The van der Waals surface area contributed by atoms with Gasteiger partial charge in [-0.3, -0.25) is 4.79 Å². The van der Waals surface area contributed by atoms with Gasteiger partial charge in [0.05, 0.1) is 11.6 Å². The van der Waals surface area contributed by atoms with Crippen LogP contribution >= 0.6 is 0 Å². The molecule has 0 saturated carbocycles. The maximum atomic E-state index is 12.1. The molecule has 94 valence electrons. The van der Waals surface area contributed by atoms with Crippen LogP contribution in [0.15, 0.2) is 35.3 Å². The van der Waals surface area contributed by atoms with E-state index in [4.69, 9.17) is 0 Å². The molecule has 0 aliphatic rings. The SMILES string of the molecule is CC(=O)CCCCn1ncc2ccccc2c1=O. The normalized spacial score (nSPS) is 10.7. The largest absolute Gasteiger partial charge is 0.300 e. The number of hydrogen-bond acceptors (Lipinski definition) is 3. The van der Waals surface area contributed by atoms with Crippen molar-refractivity contribution < 1.29 is 4.79 Å². The summed E-state index contributed by atoms with van der Waals surface area (Å²) in [5.41, 5.74) is -0.0593.